The zero-order valence-corrected chi connectivity index (χ0v) is 14.0. The number of ether oxygens (including phenoxy) is 1. The predicted molar refractivity (Wildman–Crippen MR) is 92.3 cm³/mol. The van der Waals surface area contributed by atoms with Gasteiger partial charge in [-0.05, 0) is 31.0 Å². The second-order valence-electron chi connectivity index (χ2n) is 6.52. The number of hydrogen-bond acceptors (Lipinski definition) is 5. The van der Waals surface area contributed by atoms with Crippen molar-refractivity contribution in [2.45, 2.75) is 44.6 Å². The smallest absolute Gasteiger partial charge is 0.194 e. The molecule has 1 saturated heterocycles. The number of aliphatic imine (C=N–C) groups is 1. The van der Waals surface area contributed by atoms with Gasteiger partial charge in [0, 0.05) is 25.7 Å². The number of rotatable bonds is 5. The summed E-state index contributed by atoms with van der Waals surface area (Å²) in [6.07, 6.45) is 3.75. The van der Waals surface area contributed by atoms with Gasteiger partial charge in [-0.1, -0.05) is 13.0 Å². The highest BCUT2D eigenvalue weighted by Gasteiger charge is 2.50. The van der Waals surface area contributed by atoms with Crippen molar-refractivity contribution in [3.63, 3.8) is 0 Å². The lowest BCUT2D eigenvalue weighted by molar-refractivity contribution is -0.104. The van der Waals surface area contributed by atoms with E-state index in [0.717, 1.165) is 36.2 Å². The summed E-state index contributed by atoms with van der Waals surface area (Å²) >= 11 is 0. The molecule has 1 aromatic carbocycles. The largest absolute Gasteiger partial charge is 0.384 e. The highest BCUT2D eigenvalue weighted by atomic mass is 16.6. The van der Waals surface area contributed by atoms with Crippen molar-refractivity contribution >= 4 is 17.9 Å². The lowest BCUT2D eigenvalue weighted by Gasteiger charge is -2.26. The van der Waals surface area contributed by atoms with E-state index in [9.17, 15) is 0 Å². The Morgan fingerprint density at radius 2 is 2.35 bits per heavy atom. The first-order chi connectivity index (χ1) is 11.0. The minimum atomic E-state index is -0.399. The predicted octanol–water partition coefficient (Wildman–Crippen LogP) is 0.277. The Hall–Kier alpha value is -2.08. The van der Waals surface area contributed by atoms with Crippen molar-refractivity contribution in [2.24, 2.45) is 10.7 Å². The third-order valence-electron chi connectivity index (χ3n) is 4.68. The number of fused-ring (bicyclic) bond motifs is 1. The molecule has 0 aliphatic carbocycles. The van der Waals surface area contributed by atoms with E-state index in [1.807, 2.05) is 18.0 Å². The fraction of sp³-hybridized carbons (Fsp3) is 0.529. The molecule has 2 unspecified atom stereocenters. The van der Waals surface area contributed by atoms with Crippen LogP contribution in [0.15, 0.2) is 23.2 Å². The molecule has 0 spiro atoms. The first-order valence-corrected chi connectivity index (χ1v) is 8.15. The zero-order valence-electron chi connectivity index (χ0n) is 14.0. The van der Waals surface area contributed by atoms with E-state index in [0.29, 0.717) is 5.96 Å². The van der Waals surface area contributed by atoms with Crippen molar-refractivity contribution in [1.82, 2.24) is 4.90 Å². The molecule has 2 aliphatic rings. The molecule has 1 fully saturated rings. The lowest BCUT2D eigenvalue weighted by Crippen LogP contribution is -2.37. The van der Waals surface area contributed by atoms with Crippen LogP contribution < -0.4 is 16.5 Å². The fourth-order valence-corrected chi connectivity index (χ4v) is 3.15. The molecule has 3 atom stereocenters. The molecule has 6 heteroatoms. The Morgan fingerprint density at radius 3 is 3.04 bits per heavy atom. The Morgan fingerprint density at radius 1 is 1.57 bits per heavy atom. The molecule has 1 aromatic rings. The molecule has 0 radical (unpaired) electrons. The number of nitrogens with two attached hydrogens (primary N) is 2. The second kappa shape index (κ2) is 5.85. The molecular formula is C17H26N5O+. The second-order valence-corrected chi connectivity index (χ2v) is 6.52. The van der Waals surface area contributed by atoms with Crippen LogP contribution in [0.3, 0.4) is 0 Å². The summed E-state index contributed by atoms with van der Waals surface area (Å²) in [5.74, 6) is 0.523. The molecule has 0 bridgehead atoms. The molecule has 2 aliphatic heterocycles. The fourth-order valence-electron chi connectivity index (χ4n) is 3.15. The zero-order chi connectivity index (χ0) is 16.6. The van der Waals surface area contributed by atoms with Gasteiger partial charge >= 0.3 is 0 Å². The molecule has 0 aromatic heterocycles. The third-order valence-corrected chi connectivity index (χ3v) is 4.68. The number of hydrogen-bond donors (Lipinski definition) is 3. The van der Waals surface area contributed by atoms with Crippen LogP contribution in [0, 0.1) is 0 Å². The molecule has 5 N–H and O–H groups in total. The summed E-state index contributed by atoms with van der Waals surface area (Å²) in [4.78, 5) is 6.70. The Balaban J connectivity index is 1.97. The van der Waals surface area contributed by atoms with E-state index in [1.54, 1.807) is 6.21 Å². The Bertz CT molecular complexity index is 644. The highest BCUT2D eigenvalue weighted by Crippen LogP contribution is 2.42. The van der Waals surface area contributed by atoms with Gasteiger partial charge in [-0.3, -0.25) is 5.41 Å². The highest BCUT2D eigenvalue weighted by molar-refractivity contribution is 5.84. The number of epoxide rings is 1. The van der Waals surface area contributed by atoms with Gasteiger partial charge in [-0.2, -0.15) is 0 Å². The van der Waals surface area contributed by atoms with Crippen LogP contribution in [0.2, 0.25) is 0 Å². The van der Waals surface area contributed by atoms with Gasteiger partial charge in [0.2, 0.25) is 0 Å². The molecule has 0 saturated carbocycles. The summed E-state index contributed by atoms with van der Waals surface area (Å²) in [5.41, 5.74) is 8.89. The summed E-state index contributed by atoms with van der Waals surface area (Å²) in [6, 6.07) is 6.24. The Labute approximate surface area is 137 Å². The first-order valence-electron chi connectivity index (χ1n) is 8.15. The molecular weight excluding hydrogens is 290 g/mol. The van der Waals surface area contributed by atoms with E-state index in [4.69, 9.17) is 20.9 Å². The number of guanidine groups is 1. The quantitative estimate of drug-likeness (QED) is 0.537. The minimum absolute atomic E-state index is 0.0647. The van der Waals surface area contributed by atoms with Crippen molar-refractivity contribution < 1.29 is 10.1 Å². The van der Waals surface area contributed by atoms with Crippen molar-refractivity contribution in [1.29, 1.82) is 0 Å². The van der Waals surface area contributed by atoms with Gasteiger partial charge in [-0.25, -0.2) is 4.99 Å². The molecule has 2 heterocycles. The summed E-state index contributed by atoms with van der Waals surface area (Å²) < 4.78 is 5.72. The van der Waals surface area contributed by atoms with E-state index in [1.165, 1.54) is 0 Å². The monoisotopic (exact) mass is 316 g/mol. The summed E-state index contributed by atoms with van der Waals surface area (Å²) in [6.45, 7) is 5.16. The van der Waals surface area contributed by atoms with Gasteiger partial charge < -0.3 is 20.7 Å². The number of benzene rings is 1. The SMILES string of the molecule is CCCNc1cc([C@]2(C)CC3OC3N(C)C(N)=N2)ccc1C=[NH2+]. The van der Waals surface area contributed by atoms with Gasteiger partial charge in [0.15, 0.2) is 18.4 Å². The van der Waals surface area contributed by atoms with Crippen LogP contribution in [-0.2, 0) is 10.3 Å². The molecule has 124 valence electrons. The summed E-state index contributed by atoms with van der Waals surface area (Å²) in [5, 5.41) is 9.17. The average molecular weight is 316 g/mol. The van der Waals surface area contributed by atoms with Crippen LogP contribution in [0.1, 0.15) is 37.8 Å². The topological polar surface area (TPSA) is 91.8 Å². The van der Waals surface area contributed by atoms with E-state index in [-0.39, 0.29) is 12.3 Å². The lowest BCUT2D eigenvalue weighted by atomic mass is 9.87. The molecule has 6 nitrogen and oxygen atoms in total. The normalized spacial score (nSPS) is 29.3. The third kappa shape index (κ3) is 2.91. The maximum Gasteiger partial charge on any atom is 0.194 e. The standard InChI is InChI=1S/C17H25N5O/c1-4-7-20-13-8-12(6-5-11(13)10-18)17(2)9-14-15(23-14)22(3)16(19)21-17/h5-6,8,10,14-15,18,20H,4,7,9H2,1-3H3,(H2,19,21)/p+1/t14?,15?,17-/m0/s1. The van der Waals surface area contributed by atoms with Crippen molar-refractivity contribution in [3.8, 4) is 0 Å². The van der Waals surface area contributed by atoms with E-state index >= 15 is 0 Å². The van der Waals surface area contributed by atoms with Crippen LogP contribution in [0.25, 0.3) is 0 Å². The van der Waals surface area contributed by atoms with Crippen LogP contribution >= 0.6 is 0 Å². The molecule has 23 heavy (non-hydrogen) atoms. The number of nitrogens with one attached hydrogen (secondary N) is 1. The minimum Gasteiger partial charge on any atom is -0.384 e. The summed E-state index contributed by atoms with van der Waals surface area (Å²) in [7, 11) is 1.93. The molecule has 3 rings (SSSR count). The van der Waals surface area contributed by atoms with Crippen molar-refractivity contribution in [2.75, 3.05) is 18.9 Å². The van der Waals surface area contributed by atoms with Crippen LogP contribution in [0.5, 0.6) is 0 Å². The van der Waals surface area contributed by atoms with Gasteiger partial charge in [0.05, 0.1) is 11.1 Å². The van der Waals surface area contributed by atoms with E-state index in [2.05, 4.69) is 31.3 Å². The Kier molecular flexibility index (Phi) is 4.02. The average Bonchev–Trinajstić information content (AvgIpc) is 3.30. The number of nitrogens with zero attached hydrogens (tertiary/aromatic N) is 2. The number of anilines is 1. The van der Waals surface area contributed by atoms with Gasteiger partial charge in [-0.15, -0.1) is 0 Å². The van der Waals surface area contributed by atoms with Crippen molar-refractivity contribution in [3.05, 3.63) is 29.3 Å². The van der Waals surface area contributed by atoms with Crippen LogP contribution in [0.4, 0.5) is 5.69 Å². The van der Waals surface area contributed by atoms with Gasteiger partial charge in [0.1, 0.15) is 6.10 Å². The van der Waals surface area contributed by atoms with E-state index < -0.39 is 5.54 Å². The maximum atomic E-state index is 6.14. The molecule has 0 amide bonds. The first kappa shape index (κ1) is 15.8. The number of likely N-dealkylation sites (N-methyl/N-ethyl adjacent to an activating group) is 1. The maximum absolute atomic E-state index is 6.14. The van der Waals surface area contributed by atoms with Gasteiger partial charge in [0.25, 0.3) is 0 Å². The van der Waals surface area contributed by atoms with Crippen LogP contribution in [-0.4, -0.2) is 43.0 Å².